The molecule has 0 amide bonds. The predicted molar refractivity (Wildman–Crippen MR) is 304 cm³/mol. The van der Waals surface area contributed by atoms with Gasteiger partial charge in [0.1, 0.15) is 21.2 Å². The highest BCUT2D eigenvalue weighted by molar-refractivity contribution is 7.22. The van der Waals surface area contributed by atoms with Crippen molar-refractivity contribution in [2.24, 2.45) is 17.8 Å². The normalized spacial score (nSPS) is 21.6. The Morgan fingerprint density at radius 1 is 0.521 bits per heavy atom. The van der Waals surface area contributed by atoms with E-state index in [0.29, 0.717) is 0 Å². The highest BCUT2D eigenvalue weighted by atomic mass is 32.1. The Morgan fingerprint density at radius 2 is 1.00 bits per heavy atom. The summed E-state index contributed by atoms with van der Waals surface area (Å²) in [6.45, 7) is 27.8. The van der Waals surface area contributed by atoms with E-state index in [-0.39, 0.29) is 33.8 Å². The first-order valence-electron chi connectivity index (χ1n) is 26.7. The third-order valence-electron chi connectivity index (χ3n) is 17.7. The highest BCUT2D eigenvalue weighted by Crippen LogP contribution is 2.62. The topological polar surface area (TPSA) is 32.5 Å². The molecule has 4 bridgehead atoms. The van der Waals surface area contributed by atoms with E-state index < -0.39 is 0 Å². The summed E-state index contributed by atoms with van der Waals surface area (Å²) >= 11 is 1.86. The summed E-state index contributed by atoms with van der Waals surface area (Å²) < 4.78 is 6.51. The summed E-state index contributed by atoms with van der Waals surface area (Å²) in [7, 11) is 0. The summed E-state index contributed by atoms with van der Waals surface area (Å²) in [5, 5.41) is 4.57. The molecule has 8 aromatic rings. The van der Waals surface area contributed by atoms with Crippen molar-refractivity contribution in [3.63, 3.8) is 0 Å². The predicted octanol–water partition coefficient (Wildman–Crippen LogP) is 16.4. The molecule has 4 fully saturated rings. The average Bonchev–Trinajstić information content (AvgIpc) is 3.91. The van der Waals surface area contributed by atoms with Crippen molar-refractivity contribution in [2.75, 3.05) is 9.80 Å². The van der Waals surface area contributed by atoms with E-state index in [1.807, 2.05) is 11.3 Å². The first-order valence-corrected chi connectivity index (χ1v) is 27.5. The number of rotatable bonds is 4. The Hall–Kier alpha value is -5.59. The van der Waals surface area contributed by atoms with Crippen LogP contribution in [0.4, 0.5) is 33.4 Å². The highest BCUT2D eigenvalue weighted by Gasteiger charge is 2.53. The van der Waals surface area contributed by atoms with Gasteiger partial charge in [0.2, 0.25) is 0 Å². The summed E-state index contributed by atoms with van der Waals surface area (Å²) in [6, 6.07) is 45.3. The average molecular weight is 952 g/mol. The Balaban J connectivity index is 1.09. The standard InChI is InChI=1S/C65H70BN3OS/c1-61(2,3)42-14-20-47(21-15-42)68-52-24-18-45(64(10,11)12)32-51(52)66-57-53(68)33-46(65-35-38-27-39(36-65)29-40(28-38)37-65)34-54(57)69(48-22-16-43(17-23-48)62(4,5)6)60-58(66)67-59(71-60)41-13-25-55-49(30-41)50-31-44(63(7,8)9)19-26-56(50)70-55/h13-26,30-34,38-40H,27-29,35-37H2,1-12H3. The Kier molecular flexibility index (Phi) is 9.72. The summed E-state index contributed by atoms with van der Waals surface area (Å²) in [5.41, 5.74) is 20.3. The fourth-order valence-corrected chi connectivity index (χ4v) is 15.3. The van der Waals surface area contributed by atoms with E-state index in [1.165, 1.54) is 105 Å². The Labute approximate surface area is 427 Å². The van der Waals surface area contributed by atoms with E-state index in [9.17, 15) is 0 Å². The summed E-state index contributed by atoms with van der Waals surface area (Å²) in [6.07, 6.45) is 8.20. The van der Waals surface area contributed by atoms with Crippen LogP contribution in [0.2, 0.25) is 0 Å². The van der Waals surface area contributed by atoms with E-state index in [2.05, 4.69) is 208 Å². The first-order chi connectivity index (χ1) is 33.6. The van der Waals surface area contributed by atoms with Gasteiger partial charge in [0.25, 0.3) is 6.71 Å². The van der Waals surface area contributed by atoms with Gasteiger partial charge in [-0.25, -0.2) is 4.98 Å². The number of hydrogen-bond donors (Lipinski definition) is 0. The molecular formula is C65H70BN3OS. The number of hydrogen-bond acceptors (Lipinski definition) is 5. The molecule has 0 spiro atoms. The molecule has 4 heterocycles. The van der Waals surface area contributed by atoms with Gasteiger partial charge in [0.15, 0.2) is 0 Å². The number of nitrogens with zero attached hydrogens (tertiary/aromatic N) is 3. The minimum absolute atomic E-state index is 0.0241. The molecule has 0 radical (unpaired) electrons. The minimum atomic E-state index is -0.0641. The van der Waals surface area contributed by atoms with E-state index in [4.69, 9.17) is 9.40 Å². The van der Waals surface area contributed by atoms with Crippen LogP contribution in [0.15, 0.2) is 120 Å². The Morgan fingerprint density at radius 3 is 1.56 bits per heavy atom. The maximum atomic E-state index is 6.51. The van der Waals surface area contributed by atoms with E-state index in [1.54, 1.807) is 5.56 Å². The second-order valence-electron chi connectivity index (χ2n) is 26.8. The van der Waals surface area contributed by atoms with Gasteiger partial charge in [-0.05, 0) is 195 Å². The van der Waals surface area contributed by atoms with Crippen LogP contribution in [0.1, 0.15) is 149 Å². The van der Waals surface area contributed by atoms with Gasteiger partial charge in [-0.3, -0.25) is 0 Å². The quantitative estimate of drug-likeness (QED) is 0.165. The van der Waals surface area contributed by atoms with Crippen LogP contribution >= 0.6 is 11.3 Å². The zero-order valence-electron chi connectivity index (χ0n) is 44.2. The largest absolute Gasteiger partial charge is 0.456 e. The fourth-order valence-electron chi connectivity index (χ4n) is 14.1. The third kappa shape index (κ3) is 7.22. The number of aromatic nitrogens is 1. The van der Waals surface area contributed by atoms with Crippen LogP contribution in [0, 0.1) is 17.8 Å². The minimum Gasteiger partial charge on any atom is -0.456 e. The van der Waals surface area contributed by atoms with Crippen molar-refractivity contribution in [3.05, 3.63) is 143 Å². The SMILES string of the molecule is CC(C)(C)c1ccc(N2c3ccc(C(C)(C)C)cc3B3c4nc(-c5ccc6oc7ccc(C(C)(C)C)cc7c6c5)sc4N(c4ccc(C(C)(C)C)cc4)c4cc(C56CC7CC(CC(C7)C5)C6)cc2c43)cc1. The molecule has 14 rings (SSSR count). The molecule has 0 N–H and O–H groups in total. The van der Waals surface area contributed by atoms with E-state index in [0.717, 1.165) is 55.9 Å². The lowest BCUT2D eigenvalue weighted by Crippen LogP contribution is -2.62. The van der Waals surface area contributed by atoms with Crippen molar-refractivity contribution in [1.29, 1.82) is 0 Å². The molecule has 360 valence electrons. The smallest absolute Gasteiger partial charge is 0.276 e. The summed E-state index contributed by atoms with van der Waals surface area (Å²) in [5.74, 6) is 2.50. The number of fused-ring (bicyclic) bond motifs is 7. The summed E-state index contributed by atoms with van der Waals surface area (Å²) in [4.78, 5) is 11.2. The van der Waals surface area contributed by atoms with Gasteiger partial charge in [-0.1, -0.05) is 137 Å². The lowest BCUT2D eigenvalue weighted by molar-refractivity contribution is -0.00514. The molecule has 6 aliphatic rings. The third-order valence-corrected chi connectivity index (χ3v) is 18.8. The molecule has 2 aliphatic heterocycles. The van der Waals surface area contributed by atoms with Gasteiger partial charge in [-0.15, -0.1) is 0 Å². The fraction of sp³-hybridized carbons (Fsp3) is 0.400. The molecule has 0 saturated heterocycles. The molecule has 2 aromatic heterocycles. The van der Waals surface area contributed by atoms with Crippen LogP contribution in [0.25, 0.3) is 32.5 Å². The zero-order chi connectivity index (χ0) is 49.3. The first kappa shape index (κ1) is 45.3. The number of furan rings is 1. The van der Waals surface area contributed by atoms with Crippen molar-refractivity contribution in [1.82, 2.24) is 4.98 Å². The van der Waals surface area contributed by atoms with Crippen LogP contribution in [-0.4, -0.2) is 11.7 Å². The molecular weight excluding hydrogens is 882 g/mol. The number of thiazole rings is 1. The number of benzene rings is 6. The second kappa shape index (κ2) is 15.2. The maximum Gasteiger partial charge on any atom is 0.276 e. The second-order valence-corrected chi connectivity index (χ2v) is 27.8. The molecule has 0 atom stereocenters. The van der Waals surface area contributed by atoms with Crippen molar-refractivity contribution in [2.45, 2.75) is 149 Å². The van der Waals surface area contributed by atoms with Crippen LogP contribution in [0.5, 0.6) is 0 Å². The molecule has 71 heavy (non-hydrogen) atoms. The molecule has 4 nitrogen and oxygen atoms in total. The number of anilines is 6. The van der Waals surface area contributed by atoms with Crippen LogP contribution in [0.3, 0.4) is 0 Å². The zero-order valence-corrected chi connectivity index (χ0v) is 45.0. The maximum absolute atomic E-state index is 6.51. The molecule has 6 heteroatoms. The van der Waals surface area contributed by atoms with Gasteiger partial charge in [0.05, 0.1) is 5.59 Å². The van der Waals surface area contributed by atoms with Gasteiger partial charge in [-0.2, -0.15) is 0 Å². The van der Waals surface area contributed by atoms with Crippen molar-refractivity contribution >= 4 is 89.9 Å². The van der Waals surface area contributed by atoms with Gasteiger partial charge >= 0.3 is 0 Å². The van der Waals surface area contributed by atoms with Gasteiger partial charge in [0, 0.05) is 44.8 Å². The Bertz CT molecular complexity index is 3420. The lowest BCUT2D eigenvalue weighted by atomic mass is 9.35. The van der Waals surface area contributed by atoms with Crippen LogP contribution < -0.4 is 26.3 Å². The van der Waals surface area contributed by atoms with E-state index >= 15 is 0 Å². The van der Waals surface area contributed by atoms with Crippen molar-refractivity contribution < 1.29 is 4.42 Å². The molecule has 6 aromatic carbocycles. The van der Waals surface area contributed by atoms with Crippen molar-refractivity contribution in [3.8, 4) is 10.6 Å². The molecule has 4 saturated carbocycles. The molecule has 4 aliphatic carbocycles. The lowest BCUT2D eigenvalue weighted by Gasteiger charge is -2.57. The molecule has 0 unspecified atom stereocenters. The van der Waals surface area contributed by atoms with Crippen LogP contribution in [-0.2, 0) is 27.1 Å². The monoisotopic (exact) mass is 952 g/mol. The van der Waals surface area contributed by atoms with Gasteiger partial charge < -0.3 is 14.2 Å².